The standard InChI is InChI=1S/C17H29FN2/c1-5-20(6-2)11-7-8-15(4)19-13-16-10-9-14(3)17(18)12-16/h9-10,12,15,19H,5-8,11,13H2,1-4H3. The van der Waals surface area contributed by atoms with Crippen molar-refractivity contribution in [2.24, 2.45) is 0 Å². The number of halogens is 1. The maximum absolute atomic E-state index is 13.4. The maximum Gasteiger partial charge on any atom is 0.126 e. The summed E-state index contributed by atoms with van der Waals surface area (Å²) in [6, 6.07) is 5.94. The molecule has 0 bridgehead atoms. The molecular weight excluding hydrogens is 251 g/mol. The van der Waals surface area contributed by atoms with Crippen LogP contribution in [-0.2, 0) is 6.54 Å². The van der Waals surface area contributed by atoms with Crippen molar-refractivity contribution in [2.75, 3.05) is 19.6 Å². The van der Waals surface area contributed by atoms with Crippen molar-refractivity contribution in [3.63, 3.8) is 0 Å². The van der Waals surface area contributed by atoms with Crippen LogP contribution in [0.3, 0.4) is 0 Å². The lowest BCUT2D eigenvalue weighted by atomic mass is 10.1. The molecule has 0 aliphatic carbocycles. The summed E-state index contributed by atoms with van der Waals surface area (Å²) in [6.45, 7) is 12.6. The van der Waals surface area contributed by atoms with Crippen LogP contribution >= 0.6 is 0 Å². The number of nitrogens with zero attached hydrogens (tertiary/aromatic N) is 1. The first-order valence-corrected chi connectivity index (χ1v) is 7.77. The third-order valence-corrected chi connectivity index (χ3v) is 3.90. The summed E-state index contributed by atoms with van der Waals surface area (Å²) in [5, 5.41) is 3.47. The lowest BCUT2D eigenvalue weighted by molar-refractivity contribution is 0.290. The highest BCUT2D eigenvalue weighted by molar-refractivity contribution is 5.23. The minimum Gasteiger partial charge on any atom is -0.310 e. The fourth-order valence-corrected chi connectivity index (χ4v) is 2.30. The van der Waals surface area contributed by atoms with Crippen LogP contribution in [0.15, 0.2) is 18.2 Å². The van der Waals surface area contributed by atoms with Crippen LogP contribution in [0.5, 0.6) is 0 Å². The Bertz CT molecular complexity index is 389. The minimum atomic E-state index is -0.113. The van der Waals surface area contributed by atoms with Gasteiger partial charge in [0.1, 0.15) is 5.82 Å². The number of hydrogen-bond donors (Lipinski definition) is 1. The van der Waals surface area contributed by atoms with Gasteiger partial charge in [0.05, 0.1) is 0 Å². The number of aryl methyl sites for hydroxylation is 1. The van der Waals surface area contributed by atoms with Crippen molar-refractivity contribution < 1.29 is 4.39 Å². The first kappa shape index (κ1) is 17.1. The average molecular weight is 280 g/mol. The van der Waals surface area contributed by atoms with Crippen LogP contribution in [0.2, 0.25) is 0 Å². The molecule has 0 saturated carbocycles. The number of nitrogens with one attached hydrogen (secondary N) is 1. The summed E-state index contributed by atoms with van der Waals surface area (Å²) in [5.41, 5.74) is 1.73. The van der Waals surface area contributed by atoms with E-state index >= 15 is 0 Å². The van der Waals surface area contributed by atoms with Crippen molar-refractivity contribution >= 4 is 0 Å². The van der Waals surface area contributed by atoms with Gasteiger partial charge in [-0.25, -0.2) is 4.39 Å². The molecule has 0 aliphatic rings. The van der Waals surface area contributed by atoms with E-state index in [4.69, 9.17) is 0 Å². The maximum atomic E-state index is 13.4. The van der Waals surface area contributed by atoms with E-state index in [2.05, 4.69) is 31.0 Å². The van der Waals surface area contributed by atoms with Crippen molar-refractivity contribution in [2.45, 2.75) is 53.1 Å². The zero-order valence-corrected chi connectivity index (χ0v) is 13.4. The second-order valence-electron chi connectivity index (χ2n) is 5.53. The summed E-state index contributed by atoms with van der Waals surface area (Å²) in [6.07, 6.45) is 2.36. The van der Waals surface area contributed by atoms with Crippen LogP contribution in [-0.4, -0.2) is 30.6 Å². The van der Waals surface area contributed by atoms with Gasteiger partial charge in [-0.3, -0.25) is 0 Å². The second-order valence-corrected chi connectivity index (χ2v) is 5.53. The third kappa shape index (κ3) is 6.02. The van der Waals surface area contributed by atoms with Crippen LogP contribution in [0, 0.1) is 12.7 Å². The lowest BCUT2D eigenvalue weighted by Gasteiger charge is -2.19. The van der Waals surface area contributed by atoms with E-state index in [-0.39, 0.29) is 5.82 Å². The molecule has 1 aromatic rings. The Morgan fingerprint density at radius 2 is 1.95 bits per heavy atom. The lowest BCUT2D eigenvalue weighted by Crippen LogP contribution is -2.28. The highest BCUT2D eigenvalue weighted by Crippen LogP contribution is 2.09. The van der Waals surface area contributed by atoms with Crippen LogP contribution < -0.4 is 5.32 Å². The van der Waals surface area contributed by atoms with Gasteiger partial charge in [0, 0.05) is 12.6 Å². The molecule has 1 N–H and O–H groups in total. The molecule has 3 heteroatoms. The minimum absolute atomic E-state index is 0.113. The first-order valence-electron chi connectivity index (χ1n) is 7.77. The largest absolute Gasteiger partial charge is 0.310 e. The fourth-order valence-electron chi connectivity index (χ4n) is 2.30. The Kier molecular flexibility index (Phi) is 7.78. The SMILES string of the molecule is CCN(CC)CCCC(C)NCc1ccc(C)c(F)c1. The van der Waals surface area contributed by atoms with E-state index < -0.39 is 0 Å². The van der Waals surface area contributed by atoms with Crippen LogP contribution in [0.4, 0.5) is 4.39 Å². The van der Waals surface area contributed by atoms with Crippen LogP contribution in [0.1, 0.15) is 44.7 Å². The Labute approximate surface area is 123 Å². The molecule has 0 aromatic heterocycles. The van der Waals surface area contributed by atoms with E-state index in [0.717, 1.165) is 38.2 Å². The molecule has 114 valence electrons. The van der Waals surface area contributed by atoms with Gasteiger partial charge in [-0.2, -0.15) is 0 Å². The number of benzene rings is 1. The summed E-state index contributed by atoms with van der Waals surface area (Å²) >= 11 is 0. The van der Waals surface area contributed by atoms with Crippen LogP contribution in [0.25, 0.3) is 0 Å². The molecule has 0 spiro atoms. The average Bonchev–Trinajstić information content (AvgIpc) is 2.45. The van der Waals surface area contributed by atoms with Gasteiger partial charge >= 0.3 is 0 Å². The quantitative estimate of drug-likeness (QED) is 0.741. The van der Waals surface area contributed by atoms with Gasteiger partial charge in [0.2, 0.25) is 0 Å². The van der Waals surface area contributed by atoms with E-state index in [1.165, 1.54) is 6.42 Å². The number of rotatable bonds is 9. The zero-order chi connectivity index (χ0) is 15.0. The molecule has 2 nitrogen and oxygen atoms in total. The van der Waals surface area contributed by atoms with Gasteiger partial charge in [-0.1, -0.05) is 26.0 Å². The molecule has 0 radical (unpaired) electrons. The topological polar surface area (TPSA) is 15.3 Å². The normalized spacial score (nSPS) is 12.9. The van der Waals surface area contributed by atoms with E-state index in [0.29, 0.717) is 11.6 Å². The summed E-state index contributed by atoms with van der Waals surface area (Å²) in [7, 11) is 0. The number of hydrogen-bond acceptors (Lipinski definition) is 2. The highest BCUT2D eigenvalue weighted by atomic mass is 19.1. The molecule has 0 heterocycles. The smallest absolute Gasteiger partial charge is 0.126 e. The van der Waals surface area contributed by atoms with E-state index in [9.17, 15) is 4.39 Å². The van der Waals surface area contributed by atoms with Crippen molar-refractivity contribution in [1.82, 2.24) is 10.2 Å². The van der Waals surface area contributed by atoms with Gasteiger partial charge in [0.25, 0.3) is 0 Å². The molecule has 1 aromatic carbocycles. The summed E-state index contributed by atoms with van der Waals surface area (Å²) < 4.78 is 13.4. The summed E-state index contributed by atoms with van der Waals surface area (Å²) in [5.74, 6) is -0.113. The van der Waals surface area contributed by atoms with Crippen molar-refractivity contribution in [3.05, 3.63) is 35.1 Å². The predicted octanol–water partition coefficient (Wildman–Crippen LogP) is 3.73. The Morgan fingerprint density at radius 1 is 1.25 bits per heavy atom. The van der Waals surface area contributed by atoms with Gasteiger partial charge < -0.3 is 10.2 Å². The van der Waals surface area contributed by atoms with Crippen molar-refractivity contribution in [3.8, 4) is 0 Å². The Morgan fingerprint density at radius 3 is 2.55 bits per heavy atom. The molecular formula is C17H29FN2. The van der Waals surface area contributed by atoms with Crippen molar-refractivity contribution in [1.29, 1.82) is 0 Å². The summed E-state index contributed by atoms with van der Waals surface area (Å²) in [4.78, 5) is 2.45. The molecule has 1 unspecified atom stereocenters. The highest BCUT2D eigenvalue weighted by Gasteiger charge is 2.05. The van der Waals surface area contributed by atoms with Gasteiger partial charge in [-0.15, -0.1) is 0 Å². The molecule has 0 aliphatic heterocycles. The molecule has 1 atom stereocenters. The molecule has 20 heavy (non-hydrogen) atoms. The molecule has 0 amide bonds. The third-order valence-electron chi connectivity index (χ3n) is 3.90. The van der Waals surface area contributed by atoms with Gasteiger partial charge in [-0.05, 0) is 63.5 Å². The zero-order valence-electron chi connectivity index (χ0n) is 13.4. The second kappa shape index (κ2) is 9.09. The molecule has 0 fully saturated rings. The fraction of sp³-hybridized carbons (Fsp3) is 0.647. The predicted molar refractivity (Wildman–Crippen MR) is 84.5 cm³/mol. The monoisotopic (exact) mass is 280 g/mol. The molecule has 1 rings (SSSR count). The first-order chi connectivity index (χ1) is 9.56. The van der Waals surface area contributed by atoms with Gasteiger partial charge in [0.15, 0.2) is 0 Å². The Hall–Kier alpha value is -0.930. The Balaban J connectivity index is 2.25. The van der Waals surface area contributed by atoms with E-state index in [1.54, 1.807) is 13.0 Å². The van der Waals surface area contributed by atoms with E-state index in [1.807, 2.05) is 12.1 Å². The molecule has 0 saturated heterocycles.